The van der Waals surface area contributed by atoms with E-state index >= 15 is 0 Å². The second-order valence-electron chi connectivity index (χ2n) is 13.2. The SMILES string of the molecule is CN(CCn1cc(-c2ccc(F)c(Cl)c2)nc1C1CCNCC1)C(=O)OCc1ccccc1.Cl.O=C1C=C(N2CC2)C(=O)C(N2CC2)=C1N1CC1. The van der Waals surface area contributed by atoms with Crippen molar-refractivity contribution in [3.05, 3.63) is 100 Å². The van der Waals surface area contributed by atoms with E-state index in [2.05, 4.69) is 9.88 Å². The summed E-state index contributed by atoms with van der Waals surface area (Å²) in [7, 11) is 1.73. The monoisotopic (exact) mass is 737 g/mol. The van der Waals surface area contributed by atoms with Gasteiger partial charge in [0.05, 0.1) is 16.4 Å². The van der Waals surface area contributed by atoms with E-state index in [1.807, 2.05) is 51.2 Å². The highest BCUT2D eigenvalue weighted by Gasteiger charge is 2.43. The maximum atomic E-state index is 13.6. The second kappa shape index (κ2) is 15.9. The van der Waals surface area contributed by atoms with Crippen molar-refractivity contribution in [2.75, 3.05) is 66.0 Å². The number of hydrogen-bond donors (Lipinski definition) is 1. The number of carbonyl (C=O) groups excluding carboxylic acids is 3. The lowest BCUT2D eigenvalue weighted by molar-refractivity contribution is -0.117. The lowest BCUT2D eigenvalue weighted by Gasteiger charge is -2.24. The number of imidazole rings is 1. The number of allylic oxidation sites excluding steroid dienone is 1. The molecule has 5 heterocycles. The third-order valence-corrected chi connectivity index (χ3v) is 9.70. The minimum atomic E-state index is -0.450. The highest BCUT2D eigenvalue weighted by atomic mass is 35.5. The van der Waals surface area contributed by atoms with Crippen molar-refractivity contribution in [1.29, 1.82) is 0 Å². The van der Waals surface area contributed by atoms with Gasteiger partial charge in [-0.15, -0.1) is 12.4 Å². The number of nitrogens with zero attached hydrogens (tertiary/aromatic N) is 6. The molecule has 0 saturated carbocycles. The number of likely N-dealkylation sites (N-methyl/N-ethyl adjacent to an activating group) is 1. The van der Waals surface area contributed by atoms with Crippen molar-refractivity contribution in [1.82, 2.24) is 34.5 Å². The first-order valence-corrected chi connectivity index (χ1v) is 17.6. The lowest BCUT2D eigenvalue weighted by Crippen LogP contribution is -2.32. The van der Waals surface area contributed by atoms with Crippen molar-refractivity contribution in [2.45, 2.75) is 31.9 Å². The standard InChI is InChI=1S/C25H28ClFN4O2.C12H13N3O2.ClH/c1-30(25(32)33-17-18-5-3-2-4-6-18)13-14-31-16-23(20-7-8-22(27)21(26)15-20)29-24(31)19-9-11-28-12-10-19;16-9-7-8(13-1-2-13)12(17)11(15-5-6-15)10(9)14-3-4-14;/h2-8,15-16,19,28H,9-14,17H2,1H3;7H,1-6H2;1H. The molecule has 0 spiro atoms. The third-order valence-electron chi connectivity index (χ3n) is 9.41. The fraction of sp³-hybridized carbons (Fsp3) is 0.405. The summed E-state index contributed by atoms with van der Waals surface area (Å²) in [6, 6.07) is 14.3. The molecule has 1 N–H and O–H groups in total. The molecular weight excluding hydrogens is 696 g/mol. The zero-order chi connectivity index (χ0) is 34.8. The van der Waals surface area contributed by atoms with Crippen molar-refractivity contribution in [3.8, 4) is 11.3 Å². The first-order valence-electron chi connectivity index (χ1n) is 17.2. The summed E-state index contributed by atoms with van der Waals surface area (Å²) >= 11 is 5.99. The maximum absolute atomic E-state index is 13.6. The van der Waals surface area contributed by atoms with Crippen molar-refractivity contribution in [2.24, 2.45) is 0 Å². The molecule has 4 fully saturated rings. The van der Waals surface area contributed by atoms with Crippen LogP contribution in [0.2, 0.25) is 5.02 Å². The molecule has 2 aromatic carbocycles. The minimum Gasteiger partial charge on any atom is -0.445 e. The smallest absolute Gasteiger partial charge is 0.409 e. The van der Waals surface area contributed by atoms with Crippen LogP contribution in [-0.4, -0.2) is 113 Å². The van der Waals surface area contributed by atoms with Gasteiger partial charge in [-0.25, -0.2) is 14.2 Å². The normalized spacial score (nSPS) is 18.1. The molecule has 1 aliphatic carbocycles. The first-order chi connectivity index (χ1) is 24.3. The molecule has 1 aromatic heterocycles. The van der Waals surface area contributed by atoms with Crippen molar-refractivity contribution in [3.63, 3.8) is 0 Å². The van der Waals surface area contributed by atoms with Crippen molar-refractivity contribution >= 4 is 41.7 Å². The predicted molar refractivity (Wildman–Crippen MR) is 194 cm³/mol. The lowest BCUT2D eigenvalue weighted by atomic mass is 9.97. The molecule has 0 atom stereocenters. The Morgan fingerprint density at radius 1 is 0.980 bits per heavy atom. The molecule has 0 unspecified atom stereocenters. The molecular formula is C37H42Cl2FN7O4. The quantitative estimate of drug-likeness (QED) is 0.235. The number of ether oxygens (including phenoxy) is 1. The Balaban J connectivity index is 0.000000207. The molecule has 51 heavy (non-hydrogen) atoms. The van der Waals surface area contributed by atoms with E-state index in [9.17, 15) is 18.8 Å². The van der Waals surface area contributed by atoms with Gasteiger partial charge in [-0.2, -0.15) is 0 Å². The number of rotatable bonds is 10. The van der Waals surface area contributed by atoms with Crippen LogP contribution in [0.25, 0.3) is 11.3 Å². The molecule has 4 aliphatic heterocycles. The molecule has 3 aromatic rings. The van der Waals surface area contributed by atoms with Gasteiger partial charge >= 0.3 is 6.09 Å². The number of nitrogens with one attached hydrogen (secondary N) is 1. The van der Waals surface area contributed by atoms with Crippen LogP contribution in [0.3, 0.4) is 0 Å². The zero-order valence-corrected chi connectivity index (χ0v) is 30.1. The van der Waals surface area contributed by atoms with E-state index in [1.54, 1.807) is 24.1 Å². The fourth-order valence-corrected chi connectivity index (χ4v) is 6.44. The average molecular weight is 739 g/mol. The van der Waals surface area contributed by atoms with Gasteiger partial charge in [0.2, 0.25) is 11.6 Å². The summed E-state index contributed by atoms with van der Waals surface area (Å²) in [6.07, 6.45) is 5.11. The Hall–Kier alpha value is -4.39. The molecule has 8 rings (SSSR count). The maximum Gasteiger partial charge on any atom is 0.409 e. The number of aromatic nitrogens is 2. The third kappa shape index (κ3) is 8.74. The molecule has 1 amide bonds. The molecule has 11 nitrogen and oxygen atoms in total. The van der Waals surface area contributed by atoms with Crippen LogP contribution in [0.1, 0.15) is 30.1 Å². The van der Waals surface area contributed by atoms with Crippen LogP contribution in [0.15, 0.2) is 77.9 Å². The van der Waals surface area contributed by atoms with Crippen LogP contribution in [0.5, 0.6) is 0 Å². The Kier molecular flexibility index (Phi) is 11.3. The number of benzene rings is 2. The Morgan fingerprint density at radius 3 is 2.29 bits per heavy atom. The number of ketones is 2. The van der Waals surface area contributed by atoms with Gasteiger partial charge in [-0.05, 0) is 49.7 Å². The van der Waals surface area contributed by atoms with Crippen LogP contribution in [0.4, 0.5) is 9.18 Å². The van der Waals surface area contributed by atoms with Gasteiger partial charge in [-0.1, -0.05) is 41.9 Å². The van der Waals surface area contributed by atoms with E-state index in [-0.39, 0.29) is 41.7 Å². The summed E-state index contributed by atoms with van der Waals surface area (Å²) in [5, 5.41) is 3.46. The van der Waals surface area contributed by atoms with E-state index in [1.165, 1.54) is 12.1 Å². The highest BCUT2D eigenvalue weighted by Crippen LogP contribution is 2.34. The van der Waals surface area contributed by atoms with E-state index in [0.717, 1.165) is 87.8 Å². The topological polar surface area (TPSA) is 103 Å². The Bertz CT molecular complexity index is 1830. The largest absolute Gasteiger partial charge is 0.445 e. The van der Waals surface area contributed by atoms with Gasteiger partial charge < -0.3 is 34.2 Å². The minimum absolute atomic E-state index is 0. The number of halogens is 3. The number of piperidine rings is 1. The summed E-state index contributed by atoms with van der Waals surface area (Å²) in [5.41, 5.74) is 4.35. The van der Waals surface area contributed by atoms with Crippen LogP contribution in [-0.2, 0) is 27.5 Å². The highest BCUT2D eigenvalue weighted by molar-refractivity contribution is 6.31. The van der Waals surface area contributed by atoms with Crippen LogP contribution < -0.4 is 5.32 Å². The number of Topliss-reactive ketones (excluding diaryl/α,β-unsaturated/α-hetero) is 1. The molecule has 5 aliphatic rings. The van der Waals surface area contributed by atoms with Gasteiger partial charge in [0.25, 0.3) is 0 Å². The second-order valence-corrected chi connectivity index (χ2v) is 13.6. The van der Waals surface area contributed by atoms with Gasteiger partial charge in [0.15, 0.2) is 0 Å². The number of hydrogen-bond acceptors (Lipinski definition) is 9. The number of carbonyl (C=O) groups is 3. The van der Waals surface area contributed by atoms with Gasteiger partial charge in [-0.3, -0.25) is 9.59 Å². The van der Waals surface area contributed by atoms with Crippen LogP contribution in [0, 0.1) is 5.82 Å². The summed E-state index contributed by atoms with van der Waals surface area (Å²) in [6.45, 7) is 8.60. The van der Waals surface area contributed by atoms with Gasteiger partial charge in [0, 0.05) is 83.2 Å². The average Bonchev–Trinajstić information content (AvgIpc) is 3.99. The molecule has 4 saturated heterocycles. The number of amides is 1. The molecule has 14 heteroatoms. The van der Waals surface area contributed by atoms with E-state index in [4.69, 9.17) is 21.3 Å². The first kappa shape index (κ1) is 36.4. The van der Waals surface area contributed by atoms with E-state index in [0.29, 0.717) is 36.1 Å². The van der Waals surface area contributed by atoms with E-state index < -0.39 is 5.82 Å². The summed E-state index contributed by atoms with van der Waals surface area (Å²) < 4.78 is 21.2. The Morgan fingerprint density at radius 2 is 1.65 bits per heavy atom. The molecule has 270 valence electrons. The molecule has 0 bridgehead atoms. The predicted octanol–water partition coefficient (Wildman–Crippen LogP) is 4.68. The molecule has 0 radical (unpaired) electrons. The summed E-state index contributed by atoms with van der Waals surface area (Å²) in [4.78, 5) is 49.4. The van der Waals surface area contributed by atoms with Crippen LogP contribution >= 0.6 is 24.0 Å². The Labute approximate surface area is 308 Å². The van der Waals surface area contributed by atoms with Crippen molar-refractivity contribution < 1.29 is 23.5 Å². The van der Waals surface area contributed by atoms with Gasteiger partial charge in [0.1, 0.15) is 29.6 Å². The zero-order valence-electron chi connectivity index (χ0n) is 28.5. The fourth-order valence-electron chi connectivity index (χ4n) is 6.26. The summed E-state index contributed by atoms with van der Waals surface area (Å²) in [5.74, 6) is 0.908.